The van der Waals surface area contributed by atoms with Gasteiger partial charge in [0.2, 0.25) is 0 Å². The smallest absolute Gasteiger partial charge is 0.408 e. The highest BCUT2D eigenvalue weighted by Gasteiger charge is 2.44. The topological polar surface area (TPSA) is 64.6 Å². The molecule has 1 amide bonds. The summed E-state index contributed by atoms with van der Waals surface area (Å²) in [5, 5.41) is 2.72. The molecule has 0 aliphatic heterocycles. The van der Waals surface area contributed by atoms with Crippen molar-refractivity contribution in [2.75, 3.05) is 13.2 Å². The average Bonchev–Trinajstić information content (AvgIpc) is 3.05. The van der Waals surface area contributed by atoms with Crippen molar-refractivity contribution in [1.29, 1.82) is 0 Å². The molecular formula is C19H33NO4. The molecule has 138 valence electrons. The van der Waals surface area contributed by atoms with Crippen LogP contribution < -0.4 is 5.32 Å². The van der Waals surface area contributed by atoms with Gasteiger partial charge in [-0.25, -0.2) is 9.59 Å². The van der Waals surface area contributed by atoms with Gasteiger partial charge in [0.05, 0.1) is 6.61 Å². The molecule has 0 aromatic heterocycles. The van der Waals surface area contributed by atoms with Gasteiger partial charge in [0.25, 0.3) is 0 Å². The molecule has 0 spiro atoms. The highest BCUT2D eigenvalue weighted by molar-refractivity contribution is 5.86. The zero-order valence-corrected chi connectivity index (χ0v) is 15.1. The van der Waals surface area contributed by atoms with Gasteiger partial charge in [-0.2, -0.15) is 0 Å². The predicted molar refractivity (Wildman–Crippen MR) is 94.8 cm³/mol. The number of unbranched alkanes of at least 4 members (excludes halogenated alkanes) is 6. The number of amides is 1. The zero-order chi connectivity index (χ0) is 17.7. The lowest BCUT2D eigenvalue weighted by Crippen LogP contribution is -2.53. The monoisotopic (exact) mass is 339 g/mol. The molecule has 1 N–H and O–H groups in total. The number of carbonyl (C=O) groups is 2. The Morgan fingerprint density at radius 3 is 2.29 bits per heavy atom. The van der Waals surface area contributed by atoms with Gasteiger partial charge in [0, 0.05) is 0 Å². The molecule has 1 saturated carbocycles. The van der Waals surface area contributed by atoms with Gasteiger partial charge < -0.3 is 14.8 Å². The lowest BCUT2D eigenvalue weighted by Gasteiger charge is -2.27. The minimum absolute atomic E-state index is 0.134. The zero-order valence-electron chi connectivity index (χ0n) is 15.1. The third-order valence-corrected chi connectivity index (χ3v) is 4.50. The van der Waals surface area contributed by atoms with Gasteiger partial charge in [-0.3, -0.25) is 0 Å². The molecule has 0 unspecified atom stereocenters. The quantitative estimate of drug-likeness (QED) is 0.323. The predicted octanol–water partition coefficient (Wildman–Crippen LogP) is 4.51. The van der Waals surface area contributed by atoms with Crippen LogP contribution in [0.3, 0.4) is 0 Å². The Labute approximate surface area is 146 Å². The fourth-order valence-electron chi connectivity index (χ4n) is 3.09. The van der Waals surface area contributed by atoms with Crippen molar-refractivity contribution in [2.45, 2.75) is 83.1 Å². The maximum Gasteiger partial charge on any atom is 0.408 e. The number of alkyl carbamates (subject to hydrolysis) is 1. The lowest BCUT2D eigenvalue weighted by atomic mass is 9.98. The van der Waals surface area contributed by atoms with E-state index in [1.807, 2.05) is 0 Å². The van der Waals surface area contributed by atoms with Gasteiger partial charge in [-0.05, 0) is 19.3 Å². The van der Waals surface area contributed by atoms with Crippen molar-refractivity contribution >= 4 is 12.1 Å². The van der Waals surface area contributed by atoms with E-state index in [9.17, 15) is 9.59 Å². The molecular weight excluding hydrogens is 306 g/mol. The van der Waals surface area contributed by atoms with Crippen molar-refractivity contribution in [3.05, 3.63) is 12.7 Å². The molecule has 1 aliphatic carbocycles. The highest BCUT2D eigenvalue weighted by Crippen LogP contribution is 2.31. The van der Waals surface area contributed by atoms with E-state index in [2.05, 4.69) is 18.8 Å². The summed E-state index contributed by atoms with van der Waals surface area (Å²) in [6.07, 6.45) is 12.2. The number of carbonyl (C=O) groups excluding carboxylic acids is 2. The minimum atomic E-state index is -0.903. The van der Waals surface area contributed by atoms with Crippen molar-refractivity contribution in [3.63, 3.8) is 0 Å². The SMILES string of the molecule is C=CCOC(=O)NC1(C(=O)OCCCCCCCCC)CCCC1. The van der Waals surface area contributed by atoms with Gasteiger partial charge >= 0.3 is 12.1 Å². The summed E-state index contributed by atoms with van der Waals surface area (Å²) < 4.78 is 10.4. The van der Waals surface area contributed by atoms with Crippen LogP contribution in [0.15, 0.2) is 12.7 Å². The van der Waals surface area contributed by atoms with Gasteiger partial charge in [-0.15, -0.1) is 0 Å². The first-order valence-corrected chi connectivity index (χ1v) is 9.37. The summed E-state index contributed by atoms with van der Waals surface area (Å²) in [7, 11) is 0. The van der Waals surface area contributed by atoms with Crippen LogP contribution >= 0.6 is 0 Å². The number of hydrogen-bond acceptors (Lipinski definition) is 4. The Kier molecular flexibility index (Phi) is 10.2. The van der Waals surface area contributed by atoms with Crippen LogP contribution in [0.4, 0.5) is 4.79 Å². The first-order chi connectivity index (χ1) is 11.6. The van der Waals surface area contributed by atoms with Crippen molar-refractivity contribution in [1.82, 2.24) is 5.32 Å². The van der Waals surface area contributed by atoms with E-state index in [0.29, 0.717) is 19.4 Å². The molecule has 24 heavy (non-hydrogen) atoms. The Hall–Kier alpha value is -1.52. The molecule has 0 atom stereocenters. The molecule has 0 bridgehead atoms. The summed E-state index contributed by atoms with van der Waals surface area (Å²) in [6, 6.07) is 0. The van der Waals surface area contributed by atoms with Gasteiger partial charge in [0.15, 0.2) is 0 Å². The summed E-state index contributed by atoms with van der Waals surface area (Å²) in [6.45, 7) is 6.27. The molecule has 5 nitrogen and oxygen atoms in total. The van der Waals surface area contributed by atoms with Crippen LogP contribution in [0.1, 0.15) is 77.6 Å². The lowest BCUT2D eigenvalue weighted by molar-refractivity contribution is -0.151. The van der Waals surface area contributed by atoms with E-state index in [-0.39, 0.29) is 12.6 Å². The minimum Gasteiger partial charge on any atom is -0.464 e. The maximum absolute atomic E-state index is 12.4. The Morgan fingerprint density at radius 1 is 1.04 bits per heavy atom. The third-order valence-electron chi connectivity index (χ3n) is 4.50. The number of nitrogens with one attached hydrogen (secondary N) is 1. The first-order valence-electron chi connectivity index (χ1n) is 9.37. The van der Waals surface area contributed by atoms with Crippen LogP contribution in [-0.4, -0.2) is 30.8 Å². The fourth-order valence-corrected chi connectivity index (χ4v) is 3.09. The van der Waals surface area contributed by atoms with Gasteiger partial charge in [-0.1, -0.05) is 70.9 Å². The van der Waals surface area contributed by atoms with Crippen molar-refractivity contribution < 1.29 is 19.1 Å². The van der Waals surface area contributed by atoms with E-state index in [1.165, 1.54) is 38.2 Å². The number of rotatable bonds is 12. The van der Waals surface area contributed by atoms with Crippen LogP contribution in [-0.2, 0) is 14.3 Å². The van der Waals surface area contributed by atoms with Crippen molar-refractivity contribution in [2.24, 2.45) is 0 Å². The van der Waals surface area contributed by atoms with E-state index < -0.39 is 11.6 Å². The molecule has 0 heterocycles. The largest absolute Gasteiger partial charge is 0.464 e. The molecule has 0 aromatic carbocycles. The second-order valence-electron chi connectivity index (χ2n) is 6.56. The van der Waals surface area contributed by atoms with Crippen LogP contribution in [0, 0.1) is 0 Å². The van der Waals surface area contributed by atoms with Crippen molar-refractivity contribution in [3.8, 4) is 0 Å². The molecule has 0 saturated heterocycles. The molecule has 0 aromatic rings. The summed E-state index contributed by atoms with van der Waals surface area (Å²) >= 11 is 0. The number of ether oxygens (including phenoxy) is 2. The Balaban J connectivity index is 2.28. The van der Waals surface area contributed by atoms with Crippen LogP contribution in [0.2, 0.25) is 0 Å². The Morgan fingerprint density at radius 2 is 1.67 bits per heavy atom. The third kappa shape index (κ3) is 7.37. The summed E-state index contributed by atoms with van der Waals surface area (Å²) in [4.78, 5) is 24.2. The summed E-state index contributed by atoms with van der Waals surface area (Å²) in [5.74, 6) is -0.318. The maximum atomic E-state index is 12.4. The Bertz CT molecular complexity index is 389. The highest BCUT2D eigenvalue weighted by atomic mass is 16.6. The van der Waals surface area contributed by atoms with E-state index >= 15 is 0 Å². The number of esters is 1. The molecule has 5 heteroatoms. The average molecular weight is 339 g/mol. The number of hydrogen-bond donors (Lipinski definition) is 1. The van der Waals surface area contributed by atoms with E-state index in [1.54, 1.807) is 0 Å². The second-order valence-corrected chi connectivity index (χ2v) is 6.56. The van der Waals surface area contributed by atoms with Crippen LogP contribution in [0.25, 0.3) is 0 Å². The van der Waals surface area contributed by atoms with E-state index in [0.717, 1.165) is 25.7 Å². The molecule has 1 rings (SSSR count). The summed E-state index contributed by atoms with van der Waals surface area (Å²) in [5.41, 5.74) is -0.903. The molecule has 0 radical (unpaired) electrons. The van der Waals surface area contributed by atoms with Gasteiger partial charge in [0.1, 0.15) is 12.1 Å². The fraction of sp³-hybridized carbons (Fsp3) is 0.789. The normalized spacial score (nSPS) is 15.7. The first kappa shape index (κ1) is 20.5. The van der Waals surface area contributed by atoms with Crippen LogP contribution in [0.5, 0.6) is 0 Å². The molecule has 1 fully saturated rings. The second kappa shape index (κ2) is 11.9. The standard InChI is InChI=1S/C19H33NO4/c1-3-5-6-7-8-9-12-16-23-17(21)19(13-10-11-14-19)20-18(22)24-15-4-2/h4H,2-3,5-16H2,1H3,(H,20,22). The van der Waals surface area contributed by atoms with E-state index in [4.69, 9.17) is 9.47 Å². The molecule has 1 aliphatic rings.